The molecular weight excluding hydrogens is 210 g/mol. The normalized spacial score (nSPS) is 42.9. The van der Waals surface area contributed by atoms with E-state index in [1.165, 1.54) is 0 Å². The van der Waals surface area contributed by atoms with E-state index in [0.717, 1.165) is 4.90 Å². The molecule has 2 fully saturated rings. The van der Waals surface area contributed by atoms with E-state index >= 15 is 0 Å². The van der Waals surface area contributed by atoms with Gasteiger partial charge in [-0.1, -0.05) is 0 Å². The molecule has 0 aliphatic carbocycles. The van der Waals surface area contributed by atoms with E-state index in [-0.39, 0.29) is 6.54 Å². The molecule has 2 aliphatic heterocycles. The van der Waals surface area contributed by atoms with Crippen LogP contribution in [0.4, 0.5) is 0 Å². The number of carbonyl (C=O) groups is 2. The number of rotatable bonds is 0. The van der Waals surface area contributed by atoms with Gasteiger partial charge in [0.2, 0.25) is 0 Å². The zero-order valence-electron chi connectivity index (χ0n) is 7.03. The van der Waals surface area contributed by atoms with Crippen LogP contribution < -0.4 is 0 Å². The third kappa shape index (κ3) is 1.24. The standard InChI is InChI=1S/C7H9NO5S/c9-2-1-8-5(12)7(13)14-6(8)4(11)3(2)10/h2-4,6,9-11H,1H2/t2-,3-,4-,6+/m1/s1. The number of aliphatic hydroxyl groups is 3. The van der Waals surface area contributed by atoms with Gasteiger partial charge in [0.05, 0.1) is 6.54 Å². The molecule has 14 heavy (non-hydrogen) atoms. The Balaban J connectivity index is 2.25. The number of hydrogen-bond acceptors (Lipinski definition) is 6. The molecule has 0 saturated carbocycles. The summed E-state index contributed by atoms with van der Waals surface area (Å²) in [5.74, 6) is -0.718. The van der Waals surface area contributed by atoms with E-state index in [1.54, 1.807) is 0 Å². The van der Waals surface area contributed by atoms with Crippen molar-refractivity contribution in [3.63, 3.8) is 0 Å². The maximum absolute atomic E-state index is 11.2. The number of thioether (sulfide) groups is 1. The average molecular weight is 219 g/mol. The molecule has 0 bridgehead atoms. The van der Waals surface area contributed by atoms with Crippen molar-refractivity contribution in [1.29, 1.82) is 0 Å². The minimum atomic E-state index is -1.30. The van der Waals surface area contributed by atoms with Crippen LogP contribution in [0.1, 0.15) is 0 Å². The summed E-state index contributed by atoms with van der Waals surface area (Å²) in [5.41, 5.74) is 0. The average Bonchev–Trinajstić information content (AvgIpc) is 2.42. The smallest absolute Gasteiger partial charge is 0.302 e. The van der Waals surface area contributed by atoms with Crippen LogP contribution in [0.3, 0.4) is 0 Å². The van der Waals surface area contributed by atoms with E-state index in [1.807, 2.05) is 0 Å². The van der Waals surface area contributed by atoms with Crippen molar-refractivity contribution in [3.8, 4) is 0 Å². The van der Waals surface area contributed by atoms with E-state index < -0.39 is 34.7 Å². The van der Waals surface area contributed by atoms with E-state index in [4.69, 9.17) is 0 Å². The van der Waals surface area contributed by atoms with Crippen LogP contribution in [0.5, 0.6) is 0 Å². The van der Waals surface area contributed by atoms with Crippen molar-refractivity contribution in [2.24, 2.45) is 0 Å². The molecule has 2 heterocycles. The van der Waals surface area contributed by atoms with Gasteiger partial charge in [0.25, 0.3) is 5.12 Å². The van der Waals surface area contributed by atoms with Crippen LogP contribution >= 0.6 is 11.8 Å². The molecule has 78 valence electrons. The van der Waals surface area contributed by atoms with E-state index in [9.17, 15) is 24.9 Å². The molecule has 3 N–H and O–H groups in total. The first-order chi connectivity index (χ1) is 6.52. The predicted octanol–water partition coefficient (Wildman–Crippen LogP) is -2.49. The van der Waals surface area contributed by atoms with Crippen molar-refractivity contribution in [3.05, 3.63) is 0 Å². The zero-order valence-corrected chi connectivity index (χ0v) is 7.85. The Morgan fingerprint density at radius 3 is 2.50 bits per heavy atom. The summed E-state index contributed by atoms with van der Waals surface area (Å²) in [6, 6.07) is 0. The molecule has 0 aromatic rings. The Bertz CT molecular complexity index is 296. The highest BCUT2D eigenvalue weighted by atomic mass is 32.2. The lowest BCUT2D eigenvalue weighted by molar-refractivity contribution is -0.152. The van der Waals surface area contributed by atoms with Gasteiger partial charge >= 0.3 is 5.91 Å². The zero-order chi connectivity index (χ0) is 10.5. The second-order valence-electron chi connectivity index (χ2n) is 3.30. The largest absolute Gasteiger partial charge is 0.388 e. The first-order valence-corrected chi connectivity index (χ1v) is 4.96. The Hall–Kier alpha value is -0.630. The molecule has 1 amide bonds. The number of nitrogens with zero attached hydrogens (tertiary/aromatic N) is 1. The highest BCUT2D eigenvalue weighted by molar-refractivity contribution is 8.16. The second-order valence-corrected chi connectivity index (χ2v) is 4.39. The van der Waals surface area contributed by atoms with Crippen LogP contribution in [0.15, 0.2) is 0 Å². The van der Waals surface area contributed by atoms with Gasteiger partial charge in [0, 0.05) is 0 Å². The SMILES string of the molecule is O=C1S[C@H]2[C@H](O)[C@H](O)[C@H](O)CN2C1=O. The number of aliphatic hydroxyl groups excluding tert-OH is 3. The lowest BCUT2D eigenvalue weighted by Gasteiger charge is -2.38. The lowest BCUT2D eigenvalue weighted by Crippen LogP contribution is -2.59. The minimum Gasteiger partial charge on any atom is -0.388 e. The molecule has 7 heteroatoms. The van der Waals surface area contributed by atoms with Crippen LogP contribution in [0.25, 0.3) is 0 Å². The molecule has 0 aromatic carbocycles. The van der Waals surface area contributed by atoms with Crippen molar-refractivity contribution >= 4 is 22.8 Å². The van der Waals surface area contributed by atoms with Crippen molar-refractivity contribution in [2.75, 3.05) is 6.54 Å². The molecule has 2 aliphatic rings. The van der Waals surface area contributed by atoms with Gasteiger partial charge in [-0.2, -0.15) is 0 Å². The topological polar surface area (TPSA) is 98.1 Å². The summed E-state index contributed by atoms with van der Waals surface area (Å²) >= 11 is 0.688. The Morgan fingerprint density at radius 1 is 1.21 bits per heavy atom. The number of hydrogen-bond donors (Lipinski definition) is 3. The highest BCUT2D eigenvalue weighted by Crippen LogP contribution is 2.34. The molecule has 2 rings (SSSR count). The number of fused-ring (bicyclic) bond motifs is 1. The summed E-state index contributed by atoms with van der Waals surface area (Å²) in [6.45, 7) is -0.111. The van der Waals surface area contributed by atoms with E-state index in [2.05, 4.69) is 0 Å². The fraction of sp³-hybridized carbons (Fsp3) is 0.714. The fourth-order valence-corrected chi connectivity index (χ4v) is 2.65. The molecule has 0 aromatic heterocycles. The van der Waals surface area contributed by atoms with E-state index in [0.29, 0.717) is 11.8 Å². The van der Waals surface area contributed by atoms with Gasteiger partial charge in [0.1, 0.15) is 23.7 Å². The summed E-state index contributed by atoms with van der Waals surface area (Å²) in [7, 11) is 0. The summed E-state index contributed by atoms with van der Waals surface area (Å²) in [5, 5.41) is 26.6. The Morgan fingerprint density at radius 2 is 1.86 bits per heavy atom. The molecule has 4 atom stereocenters. The molecule has 0 unspecified atom stereocenters. The van der Waals surface area contributed by atoms with Crippen LogP contribution in [-0.2, 0) is 9.59 Å². The monoisotopic (exact) mass is 219 g/mol. The molecular formula is C7H9NO5S. The molecule has 0 spiro atoms. The number of amides is 1. The Labute approximate surface area is 83.5 Å². The third-order valence-electron chi connectivity index (χ3n) is 2.39. The first kappa shape index (κ1) is 9.91. The summed E-state index contributed by atoms with van der Waals surface area (Å²) in [6.07, 6.45) is -3.78. The van der Waals surface area contributed by atoms with Crippen molar-refractivity contribution in [2.45, 2.75) is 23.7 Å². The van der Waals surface area contributed by atoms with Gasteiger partial charge in [-0.3, -0.25) is 9.59 Å². The van der Waals surface area contributed by atoms with Crippen LogP contribution in [0, 0.1) is 0 Å². The maximum atomic E-state index is 11.2. The molecule has 0 radical (unpaired) electrons. The third-order valence-corrected chi connectivity index (χ3v) is 3.55. The lowest BCUT2D eigenvalue weighted by atomic mass is 10.0. The first-order valence-electron chi connectivity index (χ1n) is 4.08. The number of piperidine rings is 1. The maximum Gasteiger partial charge on any atom is 0.302 e. The highest BCUT2D eigenvalue weighted by Gasteiger charge is 2.50. The van der Waals surface area contributed by atoms with Gasteiger partial charge in [-0.15, -0.1) is 0 Å². The van der Waals surface area contributed by atoms with Crippen LogP contribution in [-0.4, -0.2) is 61.5 Å². The quantitative estimate of drug-likeness (QED) is 0.390. The van der Waals surface area contributed by atoms with Gasteiger partial charge in [-0.25, -0.2) is 0 Å². The van der Waals surface area contributed by atoms with Gasteiger partial charge < -0.3 is 20.2 Å². The molecule has 6 nitrogen and oxygen atoms in total. The van der Waals surface area contributed by atoms with Gasteiger partial charge in [0.15, 0.2) is 0 Å². The van der Waals surface area contributed by atoms with Crippen LogP contribution in [0.2, 0.25) is 0 Å². The minimum absolute atomic E-state index is 0.111. The van der Waals surface area contributed by atoms with Crippen molar-refractivity contribution in [1.82, 2.24) is 4.90 Å². The predicted molar refractivity (Wildman–Crippen MR) is 46.1 cm³/mol. The fourth-order valence-electron chi connectivity index (χ4n) is 1.60. The molecule has 2 saturated heterocycles. The Kier molecular flexibility index (Phi) is 2.26. The second kappa shape index (κ2) is 3.20. The summed E-state index contributed by atoms with van der Waals surface area (Å²) in [4.78, 5) is 23.3. The van der Waals surface area contributed by atoms with Gasteiger partial charge in [-0.05, 0) is 11.8 Å². The number of carbonyl (C=O) groups excluding carboxylic acids is 2. The van der Waals surface area contributed by atoms with Crippen molar-refractivity contribution < 1.29 is 24.9 Å². The summed E-state index contributed by atoms with van der Waals surface area (Å²) < 4.78 is 0.